The zero-order valence-corrected chi connectivity index (χ0v) is 9.89. The number of nitrogens with one attached hydrogen (secondary N) is 3. The van der Waals surface area contributed by atoms with Crippen LogP contribution in [0.15, 0.2) is 23.4 Å². The van der Waals surface area contributed by atoms with Gasteiger partial charge in [0, 0.05) is 25.0 Å². The van der Waals surface area contributed by atoms with Crippen LogP contribution in [0.1, 0.15) is 19.3 Å². The van der Waals surface area contributed by atoms with Gasteiger partial charge in [-0.05, 0) is 31.9 Å². The fourth-order valence-electron chi connectivity index (χ4n) is 1.93. The summed E-state index contributed by atoms with van der Waals surface area (Å²) in [6.07, 6.45) is 6.27. The molecule has 1 aromatic rings. The fourth-order valence-corrected chi connectivity index (χ4v) is 2.95. The number of rotatable bonds is 5. The summed E-state index contributed by atoms with van der Waals surface area (Å²) in [5.74, 6) is 0. The van der Waals surface area contributed by atoms with Gasteiger partial charge < -0.3 is 10.3 Å². The Hall–Kier alpha value is -0.850. The highest BCUT2D eigenvalue weighted by molar-refractivity contribution is 7.89. The third-order valence-electron chi connectivity index (χ3n) is 2.83. The third-order valence-corrected chi connectivity index (χ3v) is 4.29. The summed E-state index contributed by atoms with van der Waals surface area (Å²) in [4.78, 5) is 3.03. The molecule has 2 heterocycles. The van der Waals surface area contributed by atoms with E-state index in [9.17, 15) is 8.42 Å². The minimum Gasteiger partial charge on any atom is -0.366 e. The maximum atomic E-state index is 11.7. The quantitative estimate of drug-likeness (QED) is 0.702. The van der Waals surface area contributed by atoms with Gasteiger partial charge in [0.2, 0.25) is 10.0 Å². The number of H-pyrrole nitrogens is 1. The summed E-state index contributed by atoms with van der Waals surface area (Å²) in [7, 11) is -3.32. The van der Waals surface area contributed by atoms with E-state index in [1.54, 1.807) is 12.3 Å². The average Bonchev–Trinajstić information content (AvgIpc) is 2.90. The Morgan fingerprint density at radius 1 is 1.50 bits per heavy atom. The second kappa shape index (κ2) is 4.99. The van der Waals surface area contributed by atoms with E-state index in [0.29, 0.717) is 17.5 Å². The van der Waals surface area contributed by atoms with Crippen LogP contribution in [0.4, 0.5) is 0 Å². The van der Waals surface area contributed by atoms with Crippen molar-refractivity contribution in [3.8, 4) is 0 Å². The maximum absolute atomic E-state index is 11.7. The highest BCUT2D eigenvalue weighted by Crippen LogP contribution is 2.09. The van der Waals surface area contributed by atoms with Gasteiger partial charge in [-0.3, -0.25) is 0 Å². The first-order chi connectivity index (χ1) is 7.68. The lowest BCUT2D eigenvalue weighted by Crippen LogP contribution is -2.30. The molecule has 0 aliphatic carbocycles. The van der Waals surface area contributed by atoms with Gasteiger partial charge in [0.15, 0.2) is 0 Å². The molecular formula is C10H17N3O2S. The molecule has 90 valence electrons. The monoisotopic (exact) mass is 243 g/mol. The second-order valence-electron chi connectivity index (χ2n) is 4.03. The predicted octanol–water partition coefficient (Wildman–Crippen LogP) is 0.435. The molecule has 0 amide bonds. The van der Waals surface area contributed by atoms with Crippen LogP contribution >= 0.6 is 0 Å². The van der Waals surface area contributed by atoms with E-state index >= 15 is 0 Å². The molecule has 0 aromatic carbocycles. The van der Waals surface area contributed by atoms with Crippen LogP contribution in [0.5, 0.6) is 0 Å². The number of aromatic nitrogens is 1. The van der Waals surface area contributed by atoms with Gasteiger partial charge in [-0.15, -0.1) is 0 Å². The topological polar surface area (TPSA) is 74.0 Å². The standard InChI is InChI=1S/C10H17N3O2S/c14-16(15,10-4-6-11-8-10)13-7-3-9-2-1-5-12-9/h4,6,8-9,11-13H,1-3,5,7H2/t9-/m1/s1. The molecule has 1 aromatic heterocycles. The minimum absolute atomic E-state index is 0.298. The lowest BCUT2D eigenvalue weighted by Gasteiger charge is -2.10. The van der Waals surface area contributed by atoms with Crippen molar-refractivity contribution < 1.29 is 8.42 Å². The molecule has 1 fully saturated rings. The van der Waals surface area contributed by atoms with Gasteiger partial charge in [-0.1, -0.05) is 0 Å². The van der Waals surface area contributed by atoms with Crippen molar-refractivity contribution in [3.05, 3.63) is 18.5 Å². The molecule has 1 saturated heterocycles. The van der Waals surface area contributed by atoms with E-state index < -0.39 is 10.0 Å². The zero-order chi connectivity index (χ0) is 11.4. The van der Waals surface area contributed by atoms with E-state index in [-0.39, 0.29) is 0 Å². The third kappa shape index (κ3) is 2.84. The Morgan fingerprint density at radius 2 is 2.38 bits per heavy atom. The van der Waals surface area contributed by atoms with Crippen LogP contribution in [0, 0.1) is 0 Å². The molecule has 1 aliphatic heterocycles. The van der Waals surface area contributed by atoms with Crippen LogP contribution in [0.3, 0.4) is 0 Å². The van der Waals surface area contributed by atoms with E-state index in [4.69, 9.17) is 0 Å². The van der Waals surface area contributed by atoms with Crippen molar-refractivity contribution in [2.24, 2.45) is 0 Å². The number of sulfonamides is 1. The largest absolute Gasteiger partial charge is 0.366 e. The molecule has 0 spiro atoms. The molecule has 0 bridgehead atoms. The van der Waals surface area contributed by atoms with Crippen LogP contribution < -0.4 is 10.0 Å². The summed E-state index contributed by atoms with van der Waals surface area (Å²) in [6, 6.07) is 2.02. The number of hydrogen-bond donors (Lipinski definition) is 3. The Morgan fingerprint density at radius 3 is 3.00 bits per heavy atom. The zero-order valence-electron chi connectivity index (χ0n) is 9.07. The van der Waals surface area contributed by atoms with Crippen LogP contribution in [-0.2, 0) is 10.0 Å². The Labute approximate surface area is 95.7 Å². The molecule has 1 atom stereocenters. The smallest absolute Gasteiger partial charge is 0.242 e. The highest BCUT2D eigenvalue weighted by atomic mass is 32.2. The van der Waals surface area contributed by atoms with Crippen molar-refractivity contribution in [1.29, 1.82) is 0 Å². The van der Waals surface area contributed by atoms with Crippen molar-refractivity contribution in [2.45, 2.75) is 30.2 Å². The Kier molecular flexibility index (Phi) is 3.63. The van der Waals surface area contributed by atoms with Gasteiger partial charge in [0.25, 0.3) is 0 Å². The molecule has 1 aliphatic rings. The molecule has 16 heavy (non-hydrogen) atoms. The highest BCUT2D eigenvalue weighted by Gasteiger charge is 2.17. The number of aromatic amines is 1. The van der Waals surface area contributed by atoms with Gasteiger partial charge >= 0.3 is 0 Å². The second-order valence-corrected chi connectivity index (χ2v) is 5.79. The van der Waals surface area contributed by atoms with Gasteiger partial charge in [-0.25, -0.2) is 13.1 Å². The predicted molar refractivity (Wildman–Crippen MR) is 61.6 cm³/mol. The van der Waals surface area contributed by atoms with Gasteiger partial charge in [-0.2, -0.15) is 0 Å². The summed E-state index contributed by atoms with van der Waals surface area (Å²) < 4.78 is 26.0. The first kappa shape index (κ1) is 11.6. The first-order valence-electron chi connectivity index (χ1n) is 5.54. The molecule has 2 rings (SSSR count). The normalized spacial score (nSPS) is 21.4. The molecule has 3 N–H and O–H groups in total. The molecule has 0 unspecified atom stereocenters. The Bertz CT molecular complexity index is 407. The molecule has 5 nitrogen and oxygen atoms in total. The van der Waals surface area contributed by atoms with Crippen LogP contribution in [0.2, 0.25) is 0 Å². The lowest BCUT2D eigenvalue weighted by molar-refractivity contribution is 0.539. The molecule has 0 radical (unpaired) electrons. The summed E-state index contributed by atoms with van der Waals surface area (Å²) in [6.45, 7) is 1.54. The average molecular weight is 243 g/mol. The maximum Gasteiger partial charge on any atom is 0.242 e. The van der Waals surface area contributed by atoms with Crippen LogP contribution in [0.25, 0.3) is 0 Å². The summed E-state index contributed by atoms with van der Waals surface area (Å²) in [5, 5.41) is 3.34. The summed E-state index contributed by atoms with van der Waals surface area (Å²) in [5.41, 5.74) is 0. The lowest BCUT2D eigenvalue weighted by atomic mass is 10.2. The molecule has 6 heteroatoms. The van der Waals surface area contributed by atoms with E-state index in [2.05, 4.69) is 15.0 Å². The minimum atomic E-state index is -3.32. The van der Waals surface area contributed by atoms with Crippen molar-refractivity contribution in [3.63, 3.8) is 0 Å². The van der Waals surface area contributed by atoms with Gasteiger partial charge in [0.05, 0.1) is 4.90 Å². The fraction of sp³-hybridized carbons (Fsp3) is 0.600. The van der Waals surface area contributed by atoms with E-state index in [1.807, 2.05) is 0 Å². The van der Waals surface area contributed by atoms with Crippen molar-refractivity contribution >= 4 is 10.0 Å². The first-order valence-corrected chi connectivity index (χ1v) is 7.03. The van der Waals surface area contributed by atoms with E-state index in [0.717, 1.165) is 19.4 Å². The summed E-state index contributed by atoms with van der Waals surface area (Å²) >= 11 is 0. The molecule has 0 saturated carbocycles. The van der Waals surface area contributed by atoms with Crippen LogP contribution in [-0.4, -0.2) is 32.5 Å². The SMILES string of the molecule is O=S(=O)(NCC[C@H]1CCCN1)c1cc[nH]c1. The molecular weight excluding hydrogens is 226 g/mol. The Balaban J connectivity index is 1.81. The van der Waals surface area contributed by atoms with Gasteiger partial charge in [0.1, 0.15) is 0 Å². The van der Waals surface area contributed by atoms with E-state index in [1.165, 1.54) is 12.6 Å². The van der Waals surface area contributed by atoms with Crippen molar-refractivity contribution in [2.75, 3.05) is 13.1 Å². The van der Waals surface area contributed by atoms with Crippen molar-refractivity contribution in [1.82, 2.24) is 15.0 Å². The number of hydrogen-bond acceptors (Lipinski definition) is 3.